The Labute approximate surface area is 137 Å². The fraction of sp³-hybridized carbons (Fsp3) is 0.733. The van der Waals surface area contributed by atoms with E-state index < -0.39 is 6.04 Å². The van der Waals surface area contributed by atoms with Gasteiger partial charge in [0.1, 0.15) is 0 Å². The van der Waals surface area contributed by atoms with Gasteiger partial charge < -0.3 is 15.8 Å². The Hall–Kier alpha value is -1.11. The van der Waals surface area contributed by atoms with Crippen molar-refractivity contribution in [3.8, 4) is 0 Å². The summed E-state index contributed by atoms with van der Waals surface area (Å²) < 4.78 is 7.24. The highest BCUT2D eigenvalue weighted by Crippen LogP contribution is 2.29. The summed E-state index contributed by atoms with van der Waals surface area (Å²) in [6, 6.07) is -0.378. The lowest BCUT2D eigenvalue weighted by molar-refractivity contribution is -0.125. The topological polar surface area (TPSA) is 82.2 Å². The summed E-state index contributed by atoms with van der Waals surface area (Å²) in [4.78, 5) is 12.4. The average molecular weight is 329 g/mol. The van der Waals surface area contributed by atoms with Crippen LogP contribution in [0, 0.1) is 5.92 Å². The maximum Gasteiger partial charge on any atom is 0.237 e. The Balaban J connectivity index is 0.00000176. The van der Waals surface area contributed by atoms with E-state index in [1.807, 2.05) is 17.9 Å². The van der Waals surface area contributed by atoms with Gasteiger partial charge in [-0.15, -0.1) is 12.4 Å². The number of rotatable bonds is 3. The average Bonchev–Trinajstić information content (AvgIpc) is 2.90. The highest BCUT2D eigenvalue weighted by molar-refractivity contribution is 5.85. The van der Waals surface area contributed by atoms with Crippen LogP contribution >= 0.6 is 12.4 Å². The molecule has 124 valence electrons. The van der Waals surface area contributed by atoms with Crippen LogP contribution in [0.25, 0.3) is 0 Å². The number of aryl methyl sites for hydroxylation is 1. The molecule has 1 fully saturated rings. The van der Waals surface area contributed by atoms with Crippen molar-refractivity contribution in [1.82, 2.24) is 15.1 Å². The smallest absolute Gasteiger partial charge is 0.237 e. The second kappa shape index (κ2) is 7.44. The minimum absolute atomic E-state index is 0. The van der Waals surface area contributed by atoms with Crippen LogP contribution in [0.1, 0.15) is 43.0 Å². The fourth-order valence-corrected chi connectivity index (χ4v) is 3.41. The third-order valence-corrected chi connectivity index (χ3v) is 4.77. The zero-order valence-electron chi connectivity index (χ0n) is 13.0. The summed E-state index contributed by atoms with van der Waals surface area (Å²) >= 11 is 0. The van der Waals surface area contributed by atoms with Gasteiger partial charge in [0.2, 0.25) is 5.91 Å². The van der Waals surface area contributed by atoms with Gasteiger partial charge in [0, 0.05) is 31.5 Å². The molecule has 0 aromatic carbocycles. The molecule has 0 spiro atoms. The molecule has 2 unspecified atom stereocenters. The predicted octanol–water partition coefficient (Wildman–Crippen LogP) is 1.09. The van der Waals surface area contributed by atoms with Crippen molar-refractivity contribution in [3.63, 3.8) is 0 Å². The van der Waals surface area contributed by atoms with Gasteiger partial charge in [0.15, 0.2) is 0 Å². The van der Waals surface area contributed by atoms with Gasteiger partial charge in [-0.3, -0.25) is 9.48 Å². The molecular weight excluding hydrogens is 304 g/mol. The van der Waals surface area contributed by atoms with Crippen LogP contribution < -0.4 is 11.1 Å². The third kappa shape index (κ3) is 3.45. The van der Waals surface area contributed by atoms with Gasteiger partial charge in [0.25, 0.3) is 0 Å². The van der Waals surface area contributed by atoms with Crippen LogP contribution in [0.2, 0.25) is 0 Å². The molecular formula is C15H25ClN4O2. The summed E-state index contributed by atoms with van der Waals surface area (Å²) in [6.45, 7) is 1.42. The Morgan fingerprint density at radius 3 is 2.91 bits per heavy atom. The number of halogens is 1. The van der Waals surface area contributed by atoms with E-state index in [1.54, 1.807) is 0 Å². The second-order valence-corrected chi connectivity index (χ2v) is 6.10. The monoisotopic (exact) mass is 328 g/mol. The summed E-state index contributed by atoms with van der Waals surface area (Å²) in [5, 5.41) is 7.44. The maximum absolute atomic E-state index is 12.4. The number of nitrogens with one attached hydrogen (secondary N) is 1. The molecule has 0 radical (unpaired) electrons. The SMILES string of the molecule is Cl.Cn1ncc2c1CCCC2NC(=O)C(N)C1CCOCC1. The first-order valence-electron chi connectivity index (χ1n) is 7.81. The highest BCUT2D eigenvalue weighted by Gasteiger charge is 2.30. The van der Waals surface area contributed by atoms with E-state index in [1.165, 1.54) is 5.69 Å². The number of hydrogen-bond donors (Lipinski definition) is 2. The van der Waals surface area contributed by atoms with Crippen LogP contribution in [-0.4, -0.2) is 34.9 Å². The summed E-state index contributed by atoms with van der Waals surface area (Å²) in [7, 11) is 1.96. The number of amides is 1. The molecule has 2 aliphatic rings. The van der Waals surface area contributed by atoms with Gasteiger partial charge in [0.05, 0.1) is 18.3 Å². The van der Waals surface area contributed by atoms with Gasteiger partial charge in [-0.1, -0.05) is 0 Å². The Bertz CT molecular complexity index is 514. The molecule has 1 aliphatic carbocycles. The first-order valence-corrected chi connectivity index (χ1v) is 7.81. The van der Waals surface area contributed by atoms with E-state index in [9.17, 15) is 4.79 Å². The molecule has 3 rings (SSSR count). The number of nitrogens with two attached hydrogens (primary N) is 1. The summed E-state index contributed by atoms with van der Waals surface area (Å²) in [5.74, 6) is 0.194. The van der Waals surface area contributed by atoms with Gasteiger partial charge in [-0.05, 0) is 38.0 Å². The lowest BCUT2D eigenvalue weighted by Crippen LogP contribution is -2.48. The normalized spacial score (nSPS) is 23.3. The van der Waals surface area contributed by atoms with Gasteiger partial charge >= 0.3 is 0 Å². The largest absolute Gasteiger partial charge is 0.381 e. The minimum atomic E-state index is -0.434. The van der Waals surface area contributed by atoms with E-state index >= 15 is 0 Å². The van der Waals surface area contributed by atoms with Crippen molar-refractivity contribution in [2.45, 2.75) is 44.2 Å². The molecule has 6 nitrogen and oxygen atoms in total. The quantitative estimate of drug-likeness (QED) is 0.870. The molecule has 1 aromatic heterocycles. The van der Waals surface area contributed by atoms with Crippen molar-refractivity contribution < 1.29 is 9.53 Å². The van der Waals surface area contributed by atoms with Crippen molar-refractivity contribution in [2.75, 3.05) is 13.2 Å². The van der Waals surface area contributed by atoms with E-state index in [-0.39, 0.29) is 30.3 Å². The lowest BCUT2D eigenvalue weighted by atomic mass is 9.90. The molecule has 1 saturated heterocycles. The van der Waals surface area contributed by atoms with Crippen molar-refractivity contribution in [2.24, 2.45) is 18.7 Å². The number of ether oxygens (including phenoxy) is 1. The van der Waals surface area contributed by atoms with Crippen LogP contribution in [0.5, 0.6) is 0 Å². The van der Waals surface area contributed by atoms with Crippen LogP contribution in [0.4, 0.5) is 0 Å². The number of carbonyl (C=O) groups is 1. The molecule has 0 bridgehead atoms. The lowest BCUT2D eigenvalue weighted by Gasteiger charge is -2.29. The minimum Gasteiger partial charge on any atom is -0.381 e. The standard InChI is InChI=1S/C15H24N4O2.ClH/c1-19-13-4-2-3-12(11(13)9-17-19)18-15(20)14(16)10-5-7-21-8-6-10;/h9-10,12,14H,2-8,16H2,1H3,(H,18,20);1H. The molecule has 3 N–H and O–H groups in total. The fourth-order valence-electron chi connectivity index (χ4n) is 3.41. The van der Waals surface area contributed by atoms with Crippen molar-refractivity contribution >= 4 is 18.3 Å². The van der Waals surface area contributed by atoms with Crippen LogP contribution in [-0.2, 0) is 23.0 Å². The summed E-state index contributed by atoms with van der Waals surface area (Å²) in [5.41, 5.74) is 8.52. The van der Waals surface area contributed by atoms with Gasteiger partial charge in [-0.2, -0.15) is 5.10 Å². The number of aromatic nitrogens is 2. The Morgan fingerprint density at radius 2 is 2.18 bits per heavy atom. The predicted molar refractivity (Wildman–Crippen MR) is 85.8 cm³/mol. The Morgan fingerprint density at radius 1 is 1.45 bits per heavy atom. The third-order valence-electron chi connectivity index (χ3n) is 4.77. The molecule has 2 atom stereocenters. The number of carbonyl (C=O) groups excluding carboxylic acids is 1. The number of nitrogens with zero attached hydrogens (tertiary/aromatic N) is 2. The highest BCUT2D eigenvalue weighted by atomic mass is 35.5. The molecule has 1 aliphatic heterocycles. The zero-order chi connectivity index (χ0) is 14.8. The Kier molecular flexibility index (Phi) is 5.83. The van der Waals surface area contributed by atoms with Crippen molar-refractivity contribution in [3.05, 3.63) is 17.5 Å². The molecule has 1 aromatic rings. The van der Waals surface area contributed by atoms with E-state index in [2.05, 4.69) is 10.4 Å². The van der Waals surface area contributed by atoms with Gasteiger partial charge in [-0.25, -0.2) is 0 Å². The summed E-state index contributed by atoms with van der Waals surface area (Å²) in [6.07, 6.45) is 6.69. The number of hydrogen-bond acceptors (Lipinski definition) is 4. The molecule has 7 heteroatoms. The second-order valence-electron chi connectivity index (χ2n) is 6.10. The number of fused-ring (bicyclic) bond motifs is 1. The molecule has 2 heterocycles. The molecule has 0 saturated carbocycles. The molecule has 22 heavy (non-hydrogen) atoms. The van der Waals surface area contributed by atoms with E-state index in [0.717, 1.165) is 37.7 Å². The zero-order valence-corrected chi connectivity index (χ0v) is 13.8. The molecule has 1 amide bonds. The maximum atomic E-state index is 12.4. The van der Waals surface area contributed by atoms with E-state index in [4.69, 9.17) is 10.5 Å². The van der Waals surface area contributed by atoms with Crippen LogP contribution in [0.3, 0.4) is 0 Å². The van der Waals surface area contributed by atoms with E-state index in [0.29, 0.717) is 13.2 Å². The first-order chi connectivity index (χ1) is 10.2. The van der Waals surface area contributed by atoms with Crippen LogP contribution in [0.15, 0.2) is 6.20 Å². The first kappa shape index (κ1) is 17.2. The van der Waals surface area contributed by atoms with Crippen molar-refractivity contribution in [1.29, 1.82) is 0 Å².